The average Bonchev–Trinajstić information content (AvgIpc) is 2.63. The van der Waals surface area contributed by atoms with Crippen molar-refractivity contribution >= 4 is 0 Å². The van der Waals surface area contributed by atoms with Crippen molar-refractivity contribution in [2.75, 3.05) is 26.7 Å². The number of piperazine rings is 1. The van der Waals surface area contributed by atoms with Gasteiger partial charge in [0.25, 0.3) is 0 Å². The SMILES string of the molecule is CC1CN(C[C@H](c2cccc(OC(F)(F)F)c2)C2(O)CCCCC2)C[C@@H](C)N1C. The third-order valence-corrected chi connectivity index (χ3v) is 6.74. The van der Waals surface area contributed by atoms with Gasteiger partial charge in [-0.1, -0.05) is 31.4 Å². The minimum absolute atomic E-state index is 0.223. The topological polar surface area (TPSA) is 35.9 Å². The minimum atomic E-state index is -4.72. The Morgan fingerprint density at radius 3 is 2.34 bits per heavy atom. The van der Waals surface area contributed by atoms with Gasteiger partial charge in [0.1, 0.15) is 5.75 Å². The Balaban J connectivity index is 1.87. The number of hydrogen-bond acceptors (Lipinski definition) is 4. The number of nitrogens with zero attached hydrogens (tertiary/aromatic N) is 2. The Kier molecular flexibility index (Phi) is 6.81. The standard InChI is InChI=1S/C22H33F3N2O2/c1-16-13-27(14-17(2)26(16)3)15-20(21(28)10-5-4-6-11-21)18-8-7-9-19(12-18)29-22(23,24)25/h7-9,12,16-17,20,28H,4-6,10-11,13-15H2,1-3H3/t16-,17?,20-/m1/s1. The molecule has 1 aromatic carbocycles. The fraction of sp³-hybridized carbons (Fsp3) is 0.727. The largest absolute Gasteiger partial charge is 0.573 e. The van der Waals surface area contributed by atoms with Gasteiger partial charge in [0, 0.05) is 37.6 Å². The Hall–Kier alpha value is -1.31. The zero-order valence-corrected chi connectivity index (χ0v) is 17.6. The van der Waals surface area contributed by atoms with Crippen molar-refractivity contribution in [3.8, 4) is 5.75 Å². The van der Waals surface area contributed by atoms with E-state index in [1.54, 1.807) is 6.07 Å². The molecule has 1 aromatic rings. The van der Waals surface area contributed by atoms with Crippen molar-refractivity contribution in [2.45, 2.75) is 75.9 Å². The van der Waals surface area contributed by atoms with E-state index in [0.717, 1.165) is 37.9 Å². The third kappa shape index (κ3) is 5.64. The van der Waals surface area contributed by atoms with Gasteiger partial charge in [-0.25, -0.2) is 0 Å². The van der Waals surface area contributed by atoms with Crippen LogP contribution in [0.3, 0.4) is 0 Å². The lowest BCUT2D eigenvalue weighted by molar-refractivity contribution is -0.274. The molecule has 4 nitrogen and oxygen atoms in total. The number of aliphatic hydroxyl groups is 1. The predicted molar refractivity (Wildman–Crippen MR) is 107 cm³/mol. The van der Waals surface area contributed by atoms with E-state index in [2.05, 4.69) is 35.4 Å². The van der Waals surface area contributed by atoms with Crippen LogP contribution < -0.4 is 4.74 Å². The van der Waals surface area contributed by atoms with Gasteiger partial charge in [0.05, 0.1) is 5.60 Å². The average molecular weight is 415 g/mol. The Labute approximate surface area is 171 Å². The molecule has 1 saturated heterocycles. The second-order valence-corrected chi connectivity index (χ2v) is 8.92. The van der Waals surface area contributed by atoms with Crippen LogP contribution >= 0.6 is 0 Å². The van der Waals surface area contributed by atoms with Gasteiger partial charge in [-0.2, -0.15) is 0 Å². The summed E-state index contributed by atoms with van der Waals surface area (Å²) in [6.07, 6.45) is -0.378. The highest BCUT2D eigenvalue weighted by molar-refractivity contribution is 5.33. The third-order valence-electron chi connectivity index (χ3n) is 6.74. The molecule has 1 unspecified atom stereocenters. The Morgan fingerprint density at radius 1 is 1.14 bits per heavy atom. The zero-order chi connectivity index (χ0) is 21.2. The molecule has 1 aliphatic heterocycles. The van der Waals surface area contributed by atoms with E-state index in [1.807, 2.05) is 6.07 Å². The summed E-state index contributed by atoms with van der Waals surface area (Å²) in [4.78, 5) is 4.70. The fourth-order valence-electron chi connectivity index (χ4n) is 4.95. The number of rotatable bonds is 5. The number of halogens is 3. The van der Waals surface area contributed by atoms with Gasteiger partial charge in [0.2, 0.25) is 0 Å². The van der Waals surface area contributed by atoms with E-state index in [4.69, 9.17) is 0 Å². The van der Waals surface area contributed by atoms with Crippen LogP contribution in [0.5, 0.6) is 5.75 Å². The molecule has 7 heteroatoms. The highest BCUT2D eigenvalue weighted by Gasteiger charge is 2.41. The highest BCUT2D eigenvalue weighted by atomic mass is 19.4. The Morgan fingerprint density at radius 2 is 1.76 bits per heavy atom. The molecule has 1 aliphatic carbocycles. The summed E-state index contributed by atoms with van der Waals surface area (Å²) in [5.74, 6) is -0.470. The first-order valence-corrected chi connectivity index (χ1v) is 10.6. The molecule has 1 saturated carbocycles. The number of likely N-dealkylation sites (N-methyl/N-ethyl adjacent to an activating group) is 1. The molecule has 164 valence electrons. The first-order valence-electron chi connectivity index (χ1n) is 10.6. The summed E-state index contributed by atoms with van der Waals surface area (Å²) in [5.41, 5.74) is -0.180. The summed E-state index contributed by atoms with van der Waals surface area (Å²) in [5, 5.41) is 11.5. The van der Waals surface area contributed by atoms with Crippen molar-refractivity contribution in [3.05, 3.63) is 29.8 Å². The monoisotopic (exact) mass is 414 g/mol. The highest BCUT2D eigenvalue weighted by Crippen LogP contribution is 2.42. The summed E-state index contributed by atoms with van der Waals surface area (Å²) < 4.78 is 42.3. The molecule has 3 rings (SSSR count). The van der Waals surface area contributed by atoms with Crippen molar-refractivity contribution < 1.29 is 23.0 Å². The minimum Gasteiger partial charge on any atom is -0.406 e. The lowest BCUT2D eigenvalue weighted by Gasteiger charge is -2.46. The predicted octanol–water partition coefficient (Wildman–Crippen LogP) is 4.39. The maximum atomic E-state index is 12.7. The fourth-order valence-corrected chi connectivity index (χ4v) is 4.95. The summed E-state index contributed by atoms with van der Waals surface area (Å²) >= 11 is 0. The molecule has 1 N–H and O–H groups in total. The molecule has 0 radical (unpaired) electrons. The van der Waals surface area contributed by atoms with Crippen molar-refractivity contribution in [2.24, 2.45) is 0 Å². The zero-order valence-electron chi connectivity index (χ0n) is 17.6. The summed E-state index contributed by atoms with van der Waals surface area (Å²) in [6, 6.07) is 6.96. The normalized spacial score (nSPS) is 27.6. The summed E-state index contributed by atoms with van der Waals surface area (Å²) in [6.45, 7) is 6.77. The van der Waals surface area contributed by atoms with E-state index in [1.165, 1.54) is 12.1 Å². The molecule has 0 aromatic heterocycles. The number of hydrogen-bond donors (Lipinski definition) is 1. The Bertz CT molecular complexity index is 664. The first kappa shape index (κ1) is 22.4. The van der Waals surface area contributed by atoms with Crippen molar-refractivity contribution in [1.82, 2.24) is 9.80 Å². The second-order valence-electron chi connectivity index (χ2n) is 8.92. The van der Waals surface area contributed by atoms with Gasteiger partial charge in [-0.05, 0) is 51.4 Å². The van der Waals surface area contributed by atoms with Crippen LogP contribution in [-0.4, -0.2) is 65.6 Å². The van der Waals surface area contributed by atoms with Gasteiger partial charge in [-0.15, -0.1) is 13.2 Å². The van der Waals surface area contributed by atoms with Crippen LogP contribution in [0.4, 0.5) is 13.2 Å². The molecule has 1 heterocycles. The van der Waals surface area contributed by atoms with Crippen LogP contribution in [0.1, 0.15) is 57.4 Å². The van der Waals surface area contributed by atoms with Crippen LogP contribution in [0.15, 0.2) is 24.3 Å². The second kappa shape index (κ2) is 8.82. The maximum absolute atomic E-state index is 12.7. The van der Waals surface area contributed by atoms with Gasteiger partial charge in [0.15, 0.2) is 0 Å². The van der Waals surface area contributed by atoms with Gasteiger partial charge < -0.3 is 9.84 Å². The van der Waals surface area contributed by atoms with Crippen LogP contribution in [0.2, 0.25) is 0 Å². The molecular weight excluding hydrogens is 381 g/mol. The molecule has 2 fully saturated rings. The van der Waals surface area contributed by atoms with E-state index in [-0.39, 0.29) is 11.7 Å². The number of ether oxygens (including phenoxy) is 1. The molecule has 29 heavy (non-hydrogen) atoms. The molecule has 0 bridgehead atoms. The molecular formula is C22H33F3N2O2. The van der Waals surface area contributed by atoms with E-state index >= 15 is 0 Å². The van der Waals surface area contributed by atoms with Crippen LogP contribution in [0, 0.1) is 0 Å². The van der Waals surface area contributed by atoms with Crippen LogP contribution in [-0.2, 0) is 0 Å². The van der Waals surface area contributed by atoms with Crippen molar-refractivity contribution in [1.29, 1.82) is 0 Å². The number of benzene rings is 1. The van der Waals surface area contributed by atoms with E-state index in [9.17, 15) is 18.3 Å². The van der Waals surface area contributed by atoms with E-state index in [0.29, 0.717) is 31.5 Å². The van der Waals surface area contributed by atoms with Crippen molar-refractivity contribution in [3.63, 3.8) is 0 Å². The van der Waals surface area contributed by atoms with Gasteiger partial charge >= 0.3 is 6.36 Å². The quantitative estimate of drug-likeness (QED) is 0.775. The molecule has 2 aliphatic rings. The molecule has 0 spiro atoms. The van der Waals surface area contributed by atoms with Gasteiger partial charge in [-0.3, -0.25) is 9.80 Å². The number of alkyl halides is 3. The smallest absolute Gasteiger partial charge is 0.406 e. The lowest BCUT2D eigenvalue weighted by atomic mass is 9.72. The van der Waals surface area contributed by atoms with E-state index < -0.39 is 12.0 Å². The van der Waals surface area contributed by atoms with Crippen LogP contribution in [0.25, 0.3) is 0 Å². The summed E-state index contributed by atoms with van der Waals surface area (Å²) in [7, 11) is 2.12. The maximum Gasteiger partial charge on any atom is 0.573 e. The first-order chi connectivity index (χ1) is 13.6. The lowest BCUT2D eigenvalue weighted by Crippen LogP contribution is -2.57. The molecule has 0 amide bonds. The molecule has 3 atom stereocenters.